The summed E-state index contributed by atoms with van der Waals surface area (Å²) in [5.74, 6) is -2.55. The first-order valence-electron chi connectivity index (χ1n) is 24.3. The standard InChI is InChI=1S/C40H50N16O24P4/c1-53-15-56(32-23(53)35(62)52-40(43)50-32)36-24(57)17(8-44-33(60)16-6-4-3-5-7-16)18(75-36)9-73-82(65,66)79-84(69,70)80-83(67,68)74-11-20-27(28(71-2)38(77-20)54-13-47-21-29(41)45-12-46-30(21)54)78-81(63,64)72-10-19-25(58)26(59)37(76-19)55-14-48-22-31(55)49-39(42)51-34(22)61/h3-7,12-15,17-20,24-28,36-38,57-59H,8-11H2,1-2H3,(H12-,41,42,43,44,45,46,49,50,51,52,60,61,62,63,64,65,66,67,68,69,70)/p+1/t17-,18-,19-,20-,24-,25-,26-,27-,28-,36+,37-,38-/m1/s1. The molecule has 6 aromatic heterocycles. The second-order valence-electron chi connectivity index (χ2n) is 18.7. The Balaban J connectivity index is 0.819. The van der Waals surface area contributed by atoms with Crippen molar-refractivity contribution in [2.75, 3.05) is 50.7 Å². The summed E-state index contributed by atoms with van der Waals surface area (Å²) in [4.78, 5) is 110. The second kappa shape index (κ2) is 23.5. The fourth-order valence-corrected chi connectivity index (χ4v) is 14.0. The zero-order chi connectivity index (χ0) is 60.4. The monoisotopic (exact) mass is 1260 g/mol. The molecule has 84 heavy (non-hydrogen) atoms. The van der Waals surface area contributed by atoms with Gasteiger partial charge in [0, 0.05) is 25.1 Å². The highest BCUT2D eigenvalue weighted by Crippen LogP contribution is 2.68. The van der Waals surface area contributed by atoms with Gasteiger partial charge in [-0.25, -0.2) is 42.8 Å². The van der Waals surface area contributed by atoms with Crippen LogP contribution in [0.5, 0.6) is 0 Å². The van der Waals surface area contributed by atoms with Crippen LogP contribution in [-0.2, 0) is 71.0 Å². The van der Waals surface area contributed by atoms with E-state index in [2.05, 4.69) is 53.8 Å². The number of nitrogens with zero attached hydrogens (tertiary/aromatic N) is 10. The van der Waals surface area contributed by atoms with Gasteiger partial charge in [-0.05, 0) is 12.1 Å². The summed E-state index contributed by atoms with van der Waals surface area (Å²) >= 11 is 0. The number of imidazole rings is 3. The normalized spacial score (nSPS) is 28.3. The Morgan fingerprint density at radius 1 is 0.714 bits per heavy atom. The van der Waals surface area contributed by atoms with Gasteiger partial charge in [-0.1, -0.05) is 23.2 Å². The molecule has 1 aromatic carbocycles. The third kappa shape index (κ3) is 12.5. The molecule has 0 bridgehead atoms. The van der Waals surface area contributed by atoms with Crippen molar-refractivity contribution in [3.8, 4) is 0 Å². The molecule has 9 heterocycles. The molecular formula is C40H51N16O24P4+. The Morgan fingerprint density at radius 2 is 1.32 bits per heavy atom. The molecule has 4 unspecified atom stereocenters. The van der Waals surface area contributed by atoms with Crippen LogP contribution in [0.3, 0.4) is 0 Å². The van der Waals surface area contributed by atoms with Crippen LogP contribution < -0.4 is 38.2 Å². The van der Waals surface area contributed by atoms with Gasteiger partial charge in [0.1, 0.15) is 54.6 Å². The molecule has 0 saturated carbocycles. The number of hydrogen-bond donors (Lipinski definition) is 13. The van der Waals surface area contributed by atoms with Gasteiger partial charge in [0.05, 0.1) is 45.6 Å². The van der Waals surface area contributed by atoms with Crippen molar-refractivity contribution in [3.63, 3.8) is 0 Å². The fraction of sp³-hybridized carbons (Fsp3) is 0.450. The van der Waals surface area contributed by atoms with Crippen LogP contribution in [0.15, 0.2) is 65.2 Å². The number of aliphatic hydroxyl groups excluding tert-OH is 3. The molecule has 454 valence electrons. The zero-order valence-corrected chi connectivity index (χ0v) is 46.6. The maximum Gasteiger partial charge on any atom is 0.490 e. The predicted octanol–water partition coefficient (Wildman–Crippen LogP) is -3.03. The number of fused-ring (bicyclic) bond motifs is 3. The average Bonchev–Trinajstić information content (AvgIpc) is 2.46. The first-order chi connectivity index (χ1) is 39.6. The van der Waals surface area contributed by atoms with Gasteiger partial charge in [-0.3, -0.25) is 56.1 Å². The molecular weight excluding hydrogens is 1210 g/mol. The number of phosphoric ester groups is 3. The highest BCUT2D eigenvalue weighted by atomic mass is 31.3. The third-order valence-corrected chi connectivity index (χ3v) is 18.5. The molecule has 16 N–H and O–H groups in total. The van der Waals surface area contributed by atoms with Gasteiger partial charge >= 0.3 is 36.9 Å². The molecule has 3 aliphatic heterocycles. The van der Waals surface area contributed by atoms with E-state index in [9.17, 15) is 67.5 Å². The number of aliphatic hydroxyl groups is 3. The van der Waals surface area contributed by atoms with E-state index in [4.69, 9.17) is 54.2 Å². The Hall–Kier alpha value is -6.42. The molecule has 3 aliphatic rings. The number of H-pyrrole nitrogens is 2. The van der Waals surface area contributed by atoms with Crippen LogP contribution in [-0.4, -0.2) is 177 Å². The zero-order valence-electron chi connectivity index (χ0n) is 43.0. The van der Waals surface area contributed by atoms with E-state index in [0.29, 0.717) is 0 Å². The average molecular weight is 1260 g/mol. The minimum Gasteiger partial charge on any atom is -0.387 e. The minimum absolute atomic E-state index is 0.00220. The number of methoxy groups -OCH3 is 1. The van der Waals surface area contributed by atoms with Gasteiger partial charge in [-0.2, -0.15) is 13.6 Å². The van der Waals surface area contributed by atoms with E-state index in [-0.39, 0.29) is 56.8 Å². The van der Waals surface area contributed by atoms with Crippen LogP contribution in [0, 0.1) is 5.92 Å². The van der Waals surface area contributed by atoms with Crippen molar-refractivity contribution >= 4 is 88.4 Å². The van der Waals surface area contributed by atoms with Crippen molar-refractivity contribution < 1.29 is 108 Å². The molecule has 10 rings (SSSR count). The molecule has 40 nitrogen and oxygen atoms in total. The lowest BCUT2D eigenvalue weighted by atomic mass is 9.98. The quantitative estimate of drug-likeness (QED) is 0.0237. The van der Waals surface area contributed by atoms with Crippen molar-refractivity contribution in [2.24, 2.45) is 13.0 Å². The SMILES string of the molecule is CO[C@@H]1[C@H](OP(=O)(O)OC[C@H]2O[C@@H](n3cnc4c(=O)[nH]c(N)nc43)[C@H](O)[C@@H]2O)[C@@H](COP(=O)(O)OP(=O)(O)OP(=O)(O)OC[C@H]2O[C@H]([n+]3cn(C)c4c(=O)[nH]c(N)nc43)[C@H](O)[C@@H]2CNC(=O)c2ccccc2)O[C@H]1n1cnc2c(N)ncnc21. The predicted molar refractivity (Wildman–Crippen MR) is 275 cm³/mol. The largest absolute Gasteiger partial charge is 0.490 e. The number of nitrogens with two attached hydrogens (primary N) is 3. The molecule has 7 aromatic rings. The molecule has 44 heteroatoms. The molecule has 3 fully saturated rings. The van der Waals surface area contributed by atoms with Gasteiger partial charge in [0.2, 0.25) is 17.7 Å². The summed E-state index contributed by atoms with van der Waals surface area (Å²) in [6.45, 7) is -3.73. The van der Waals surface area contributed by atoms with E-state index in [1.807, 2.05) is 0 Å². The van der Waals surface area contributed by atoms with Crippen molar-refractivity contribution in [2.45, 2.75) is 67.5 Å². The molecule has 0 radical (unpaired) electrons. The topological polar surface area (TPSA) is 571 Å². The smallest absolute Gasteiger partial charge is 0.387 e. The molecule has 1 amide bonds. The van der Waals surface area contributed by atoms with Gasteiger partial charge < -0.3 is 76.4 Å². The van der Waals surface area contributed by atoms with Crippen molar-refractivity contribution in [1.29, 1.82) is 0 Å². The summed E-state index contributed by atoms with van der Waals surface area (Å²) in [7, 11) is -21.1. The van der Waals surface area contributed by atoms with Gasteiger partial charge in [0.25, 0.3) is 23.0 Å². The van der Waals surface area contributed by atoms with E-state index < -0.39 is 148 Å². The molecule has 16 atom stereocenters. The number of phosphoric acid groups is 4. The number of amides is 1. The Kier molecular flexibility index (Phi) is 16.9. The van der Waals surface area contributed by atoms with Crippen LogP contribution in [0.4, 0.5) is 17.7 Å². The lowest BCUT2D eigenvalue weighted by molar-refractivity contribution is -0.745. The minimum atomic E-state index is -6.26. The van der Waals surface area contributed by atoms with E-state index in [1.165, 1.54) is 39.2 Å². The van der Waals surface area contributed by atoms with E-state index in [0.717, 1.165) is 30.7 Å². The summed E-state index contributed by atoms with van der Waals surface area (Å²) < 4.78 is 111. The number of nitrogen functional groups attached to an aromatic ring is 3. The van der Waals surface area contributed by atoms with Crippen molar-refractivity contribution in [1.82, 2.24) is 58.9 Å². The number of anilines is 3. The number of hydrogen-bond acceptors (Lipinski definition) is 29. The lowest BCUT2D eigenvalue weighted by Gasteiger charge is -2.26. The highest BCUT2D eigenvalue weighted by molar-refractivity contribution is 7.66. The van der Waals surface area contributed by atoms with Crippen LogP contribution >= 0.6 is 31.3 Å². The number of carbonyl (C=O) groups is 1. The summed E-state index contributed by atoms with van der Waals surface area (Å²) in [5, 5.41) is 36.1. The summed E-state index contributed by atoms with van der Waals surface area (Å²) in [6, 6.07) is 7.84. The lowest BCUT2D eigenvalue weighted by Crippen LogP contribution is -2.46. The number of benzene rings is 1. The van der Waals surface area contributed by atoms with Crippen LogP contribution in [0.1, 0.15) is 29.0 Å². The van der Waals surface area contributed by atoms with E-state index in [1.54, 1.807) is 18.2 Å². The first-order valence-corrected chi connectivity index (χ1v) is 30.3. The second-order valence-corrected chi connectivity index (χ2v) is 24.8. The summed E-state index contributed by atoms with van der Waals surface area (Å²) in [5.41, 5.74) is 15.8. The Labute approximate surface area is 467 Å². The van der Waals surface area contributed by atoms with E-state index >= 15 is 0 Å². The van der Waals surface area contributed by atoms with Gasteiger partial charge in [0.15, 0.2) is 41.4 Å². The Morgan fingerprint density at radius 3 is 2.01 bits per heavy atom. The Bertz CT molecular complexity index is 3950. The molecule has 3 saturated heterocycles. The number of rotatable bonds is 22. The number of carbonyl (C=O) groups excluding carboxylic acids is 1. The summed E-state index contributed by atoms with van der Waals surface area (Å²) in [6.07, 6.45) is -13.5. The fourth-order valence-electron chi connectivity index (χ4n) is 9.53. The number of aryl methyl sites for hydroxylation is 1. The number of aromatic nitrogens is 12. The molecule has 0 spiro atoms. The van der Waals surface area contributed by atoms with Gasteiger partial charge in [-0.15, -0.1) is 0 Å². The number of ether oxygens (including phenoxy) is 4. The number of aromatic amines is 2. The maximum atomic E-state index is 13.8. The van der Waals surface area contributed by atoms with Crippen molar-refractivity contribution in [3.05, 3.63) is 81.9 Å². The maximum absolute atomic E-state index is 13.8. The molecule has 0 aliphatic carbocycles. The number of nitrogens with one attached hydrogen (secondary N) is 3. The van der Waals surface area contributed by atoms with Crippen LogP contribution in [0.2, 0.25) is 0 Å². The highest BCUT2D eigenvalue weighted by Gasteiger charge is 2.54. The van der Waals surface area contributed by atoms with Crippen LogP contribution in [0.25, 0.3) is 33.5 Å². The third-order valence-electron chi connectivity index (χ3n) is 13.3. The first kappa shape index (κ1) is 60.7.